The van der Waals surface area contributed by atoms with Crippen molar-refractivity contribution >= 4 is 17.7 Å². The molecule has 1 amide bonds. The lowest BCUT2D eigenvalue weighted by Gasteiger charge is -2.35. The fourth-order valence-electron chi connectivity index (χ4n) is 5.11. The van der Waals surface area contributed by atoms with Crippen LogP contribution in [0, 0.1) is 0 Å². The number of rotatable bonds is 13. The van der Waals surface area contributed by atoms with Crippen LogP contribution in [0.15, 0.2) is 30.3 Å². The number of methoxy groups -OCH3 is 1. The number of nitrogens with zero attached hydrogens (tertiary/aromatic N) is 2. The van der Waals surface area contributed by atoms with Gasteiger partial charge in [-0.3, -0.25) is 4.79 Å². The van der Waals surface area contributed by atoms with Crippen molar-refractivity contribution < 1.29 is 19.0 Å². The molecule has 36 heavy (non-hydrogen) atoms. The third-order valence-electron chi connectivity index (χ3n) is 6.98. The standard InChI is InChI=1S/C27H39N5O4/c1-3-12-27(19-29-23(33)18-34-2,20-7-5-4-6-8-20)13-14-28-26-31-22-11-17-36-24(22)25(32-26)30-21-9-15-35-16-10-21/h4-8,21H,3,9-19H2,1-2H3,(H,29,33)(H2,28,30,31,32). The molecule has 1 fully saturated rings. The van der Waals surface area contributed by atoms with Crippen molar-refractivity contribution in [2.24, 2.45) is 0 Å². The lowest BCUT2D eigenvalue weighted by Crippen LogP contribution is -2.43. The zero-order valence-electron chi connectivity index (χ0n) is 21.5. The number of carbonyl (C=O) groups is 1. The fraction of sp³-hybridized carbons (Fsp3) is 0.593. The number of aromatic nitrogens is 2. The molecule has 9 nitrogen and oxygen atoms in total. The van der Waals surface area contributed by atoms with Crippen LogP contribution >= 0.6 is 0 Å². The van der Waals surface area contributed by atoms with E-state index in [1.807, 2.05) is 6.07 Å². The van der Waals surface area contributed by atoms with Crippen molar-refractivity contribution in [3.63, 3.8) is 0 Å². The molecule has 0 spiro atoms. The quantitative estimate of drug-likeness (QED) is 0.387. The number of anilines is 2. The lowest BCUT2D eigenvalue weighted by atomic mass is 9.74. The number of nitrogens with one attached hydrogen (secondary N) is 3. The Hall–Kier alpha value is -2.91. The smallest absolute Gasteiger partial charge is 0.246 e. The summed E-state index contributed by atoms with van der Waals surface area (Å²) in [6.07, 6.45) is 5.45. The molecule has 2 aliphatic heterocycles. The second-order valence-electron chi connectivity index (χ2n) is 9.58. The topological polar surface area (TPSA) is 107 Å². The summed E-state index contributed by atoms with van der Waals surface area (Å²) in [6, 6.07) is 10.8. The molecule has 1 unspecified atom stereocenters. The van der Waals surface area contributed by atoms with E-state index in [1.54, 1.807) is 0 Å². The van der Waals surface area contributed by atoms with Crippen LogP contribution in [0.2, 0.25) is 0 Å². The number of carbonyl (C=O) groups excluding carboxylic acids is 1. The van der Waals surface area contributed by atoms with E-state index in [2.05, 4.69) is 47.1 Å². The summed E-state index contributed by atoms with van der Waals surface area (Å²) in [7, 11) is 1.53. The first-order chi connectivity index (χ1) is 17.6. The van der Waals surface area contributed by atoms with Gasteiger partial charge in [0.05, 0.1) is 12.3 Å². The predicted octanol–water partition coefficient (Wildman–Crippen LogP) is 3.31. The number of benzene rings is 1. The number of amides is 1. The van der Waals surface area contributed by atoms with Crippen molar-refractivity contribution in [1.82, 2.24) is 15.3 Å². The number of fused-ring (bicyclic) bond motifs is 1. The highest BCUT2D eigenvalue weighted by Gasteiger charge is 2.32. The summed E-state index contributed by atoms with van der Waals surface area (Å²) < 4.78 is 16.4. The van der Waals surface area contributed by atoms with Crippen LogP contribution < -0.4 is 20.7 Å². The third-order valence-corrected chi connectivity index (χ3v) is 6.98. The zero-order chi connectivity index (χ0) is 25.2. The van der Waals surface area contributed by atoms with Gasteiger partial charge in [0.1, 0.15) is 6.61 Å². The zero-order valence-corrected chi connectivity index (χ0v) is 21.5. The Kier molecular flexibility index (Phi) is 9.35. The van der Waals surface area contributed by atoms with Crippen molar-refractivity contribution in [3.8, 4) is 5.75 Å². The first kappa shape index (κ1) is 26.2. The highest BCUT2D eigenvalue weighted by molar-refractivity contribution is 5.77. The first-order valence-electron chi connectivity index (χ1n) is 13.1. The van der Waals surface area contributed by atoms with Gasteiger partial charge in [0.15, 0.2) is 11.6 Å². The minimum atomic E-state index is -0.213. The molecular weight excluding hydrogens is 458 g/mol. The molecular formula is C27H39N5O4. The van der Waals surface area contributed by atoms with E-state index in [9.17, 15) is 4.79 Å². The predicted molar refractivity (Wildman–Crippen MR) is 140 cm³/mol. The van der Waals surface area contributed by atoms with E-state index in [4.69, 9.17) is 24.2 Å². The second-order valence-corrected chi connectivity index (χ2v) is 9.58. The highest BCUT2D eigenvalue weighted by atomic mass is 16.5. The molecule has 2 aromatic rings. The molecule has 2 aliphatic rings. The average Bonchev–Trinajstić information content (AvgIpc) is 3.38. The fourth-order valence-corrected chi connectivity index (χ4v) is 5.11. The molecule has 1 aromatic carbocycles. The summed E-state index contributed by atoms with van der Waals surface area (Å²) in [5.41, 5.74) is 1.95. The average molecular weight is 498 g/mol. The maximum atomic E-state index is 12.2. The van der Waals surface area contributed by atoms with E-state index >= 15 is 0 Å². The van der Waals surface area contributed by atoms with Crippen LogP contribution in [0.5, 0.6) is 5.75 Å². The van der Waals surface area contributed by atoms with Gasteiger partial charge in [-0.05, 0) is 31.2 Å². The summed E-state index contributed by atoms with van der Waals surface area (Å²) in [5, 5.41) is 10.1. The number of hydrogen-bond donors (Lipinski definition) is 3. The van der Waals surface area contributed by atoms with Gasteiger partial charge in [-0.15, -0.1) is 0 Å². The maximum absolute atomic E-state index is 12.2. The monoisotopic (exact) mass is 497 g/mol. The summed E-state index contributed by atoms with van der Waals surface area (Å²) >= 11 is 0. The molecule has 9 heteroatoms. The Balaban J connectivity index is 1.48. The van der Waals surface area contributed by atoms with Crippen LogP contribution in [0.4, 0.5) is 11.8 Å². The minimum Gasteiger partial charge on any atom is -0.487 e. The molecule has 0 saturated carbocycles. The number of ether oxygens (including phenoxy) is 3. The molecule has 3 N–H and O–H groups in total. The SMILES string of the molecule is CCCC(CCNc1nc2c(c(NC3CCOCC3)n1)OCC2)(CNC(=O)COC)c1ccccc1. The van der Waals surface area contributed by atoms with E-state index in [1.165, 1.54) is 12.7 Å². The molecule has 0 radical (unpaired) electrons. The van der Waals surface area contributed by atoms with E-state index in [-0.39, 0.29) is 17.9 Å². The van der Waals surface area contributed by atoms with Gasteiger partial charge < -0.3 is 30.2 Å². The molecule has 4 rings (SSSR count). The van der Waals surface area contributed by atoms with Gasteiger partial charge in [-0.2, -0.15) is 4.98 Å². The largest absolute Gasteiger partial charge is 0.487 e. The van der Waals surface area contributed by atoms with Crippen molar-refractivity contribution in [2.75, 3.05) is 57.3 Å². The van der Waals surface area contributed by atoms with Gasteiger partial charge in [0.2, 0.25) is 11.9 Å². The van der Waals surface area contributed by atoms with Crippen LogP contribution in [0.25, 0.3) is 0 Å². The molecule has 196 valence electrons. The van der Waals surface area contributed by atoms with E-state index < -0.39 is 0 Å². The summed E-state index contributed by atoms with van der Waals surface area (Å²) in [6.45, 7) is 5.61. The normalized spacial score (nSPS) is 17.1. The maximum Gasteiger partial charge on any atom is 0.246 e. The van der Waals surface area contributed by atoms with Gasteiger partial charge in [-0.25, -0.2) is 4.98 Å². The third kappa shape index (κ3) is 6.64. The van der Waals surface area contributed by atoms with E-state index in [0.29, 0.717) is 31.7 Å². The summed E-state index contributed by atoms with van der Waals surface area (Å²) in [5.74, 6) is 2.04. The van der Waals surface area contributed by atoms with Crippen LogP contribution in [-0.2, 0) is 26.1 Å². The Morgan fingerprint density at radius 2 is 1.94 bits per heavy atom. The minimum absolute atomic E-state index is 0.0587. The molecule has 1 aromatic heterocycles. The number of hydrogen-bond acceptors (Lipinski definition) is 8. The Labute approximate surface area is 213 Å². The molecule has 1 atom stereocenters. The second kappa shape index (κ2) is 12.9. The Bertz CT molecular complexity index is 984. The lowest BCUT2D eigenvalue weighted by molar-refractivity contribution is -0.125. The van der Waals surface area contributed by atoms with E-state index in [0.717, 1.165) is 69.0 Å². The molecule has 1 saturated heterocycles. The van der Waals surface area contributed by atoms with Crippen molar-refractivity contribution in [3.05, 3.63) is 41.6 Å². The van der Waals surface area contributed by atoms with Crippen LogP contribution in [0.3, 0.4) is 0 Å². The van der Waals surface area contributed by atoms with Gasteiger partial charge in [-0.1, -0.05) is 43.7 Å². The molecule has 0 aliphatic carbocycles. The van der Waals surface area contributed by atoms with Gasteiger partial charge >= 0.3 is 0 Å². The van der Waals surface area contributed by atoms with Gasteiger partial charge in [0, 0.05) is 51.3 Å². The van der Waals surface area contributed by atoms with Crippen molar-refractivity contribution in [1.29, 1.82) is 0 Å². The highest BCUT2D eigenvalue weighted by Crippen LogP contribution is 2.35. The first-order valence-corrected chi connectivity index (χ1v) is 13.1. The van der Waals surface area contributed by atoms with Crippen LogP contribution in [0.1, 0.15) is 50.3 Å². The van der Waals surface area contributed by atoms with Crippen LogP contribution in [-0.4, -0.2) is 68.5 Å². The van der Waals surface area contributed by atoms with Crippen molar-refractivity contribution in [2.45, 2.75) is 56.9 Å². The molecule has 3 heterocycles. The Morgan fingerprint density at radius 3 is 2.69 bits per heavy atom. The summed E-state index contributed by atoms with van der Waals surface area (Å²) in [4.78, 5) is 21.8. The Morgan fingerprint density at radius 1 is 1.14 bits per heavy atom. The van der Waals surface area contributed by atoms with Gasteiger partial charge in [0.25, 0.3) is 0 Å². The molecule has 0 bridgehead atoms.